The summed E-state index contributed by atoms with van der Waals surface area (Å²) in [4.78, 5) is 54.3. The van der Waals surface area contributed by atoms with E-state index in [9.17, 15) is 19.2 Å². The van der Waals surface area contributed by atoms with Crippen LogP contribution < -0.4 is 10.6 Å². The first-order valence-electron chi connectivity index (χ1n) is 12.0. The highest BCUT2D eigenvalue weighted by Crippen LogP contribution is 2.29. The summed E-state index contributed by atoms with van der Waals surface area (Å²) >= 11 is 0. The van der Waals surface area contributed by atoms with Gasteiger partial charge < -0.3 is 15.2 Å². The van der Waals surface area contributed by atoms with Crippen LogP contribution >= 0.6 is 0 Å². The van der Waals surface area contributed by atoms with E-state index in [1.165, 1.54) is 15.8 Å². The van der Waals surface area contributed by atoms with E-state index in [1.54, 1.807) is 18.2 Å². The fourth-order valence-corrected chi connectivity index (χ4v) is 5.02. The number of carbonyl (C=O) groups is 4. The number of amides is 4. The van der Waals surface area contributed by atoms with Gasteiger partial charge in [-0.05, 0) is 54.1 Å². The largest absolute Gasteiger partial charge is 0.361 e. The summed E-state index contributed by atoms with van der Waals surface area (Å²) in [6, 6.07) is 12.1. The maximum absolute atomic E-state index is 12.9. The topological polar surface area (TPSA) is 142 Å². The number of aromatic amines is 1. The summed E-state index contributed by atoms with van der Waals surface area (Å²) in [5.41, 5.74) is 3.96. The maximum Gasteiger partial charge on any atom is 0.273 e. The van der Waals surface area contributed by atoms with Gasteiger partial charge in [-0.25, -0.2) is 4.68 Å². The van der Waals surface area contributed by atoms with Crippen molar-refractivity contribution in [1.82, 2.24) is 35.5 Å². The molecule has 0 saturated carbocycles. The molecule has 4 aromatic rings. The molecule has 0 bridgehead atoms. The molecule has 6 rings (SSSR count). The van der Waals surface area contributed by atoms with Gasteiger partial charge in [-0.2, -0.15) is 0 Å². The Hall–Kier alpha value is -4.80. The first-order chi connectivity index (χ1) is 17.9. The predicted molar refractivity (Wildman–Crippen MR) is 132 cm³/mol. The van der Waals surface area contributed by atoms with Crippen LogP contribution in [0, 0.1) is 0 Å². The highest BCUT2D eigenvalue weighted by molar-refractivity contribution is 6.05. The average Bonchev–Trinajstić information content (AvgIpc) is 3.63. The smallest absolute Gasteiger partial charge is 0.273 e. The van der Waals surface area contributed by atoms with E-state index < -0.39 is 11.9 Å². The third-order valence-electron chi connectivity index (χ3n) is 6.93. The normalized spacial score (nSPS) is 18.1. The van der Waals surface area contributed by atoms with E-state index in [-0.39, 0.29) is 42.4 Å². The summed E-state index contributed by atoms with van der Waals surface area (Å²) in [7, 11) is 0. The number of para-hydroxylation sites is 1. The van der Waals surface area contributed by atoms with Crippen molar-refractivity contribution in [1.29, 1.82) is 0 Å². The molecule has 0 aliphatic carbocycles. The van der Waals surface area contributed by atoms with Gasteiger partial charge in [0.05, 0.1) is 23.4 Å². The van der Waals surface area contributed by atoms with Gasteiger partial charge in [0.1, 0.15) is 6.04 Å². The fourth-order valence-electron chi connectivity index (χ4n) is 5.02. The summed E-state index contributed by atoms with van der Waals surface area (Å²) in [5, 5.41) is 14.5. The van der Waals surface area contributed by atoms with Crippen LogP contribution in [-0.2, 0) is 16.1 Å². The molecule has 2 atom stereocenters. The number of piperidine rings is 1. The third-order valence-corrected chi connectivity index (χ3v) is 6.93. The van der Waals surface area contributed by atoms with Crippen LogP contribution in [0.15, 0.2) is 54.9 Å². The molecule has 2 aliphatic heterocycles. The van der Waals surface area contributed by atoms with E-state index in [1.807, 2.05) is 37.4 Å². The summed E-state index contributed by atoms with van der Waals surface area (Å²) in [5.74, 6) is -1.38. The molecule has 1 saturated heterocycles. The van der Waals surface area contributed by atoms with E-state index in [4.69, 9.17) is 0 Å². The molecule has 0 spiro atoms. The van der Waals surface area contributed by atoms with Gasteiger partial charge in [-0.3, -0.25) is 24.5 Å². The average molecular weight is 498 g/mol. The maximum atomic E-state index is 12.9. The molecule has 2 aliphatic rings. The predicted octanol–water partition coefficient (Wildman–Crippen LogP) is 2.00. The molecule has 11 heteroatoms. The number of aromatic nitrogens is 4. The lowest BCUT2D eigenvalue weighted by atomic mass is 10.0. The number of hydrogen-bond acceptors (Lipinski definition) is 6. The molecule has 3 N–H and O–H groups in total. The van der Waals surface area contributed by atoms with Gasteiger partial charge in [-0.15, -0.1) is 5.10 Å². The number of carbonyl (C=O) groups excluding carboxylic acids is 4. The van der Waals surface area contributed by atoms with Gasteiger partial charge in [0.2, 0.25) is 11.8 Å². The number of benzene rings is 2. The fraction of sp³-hybridized carbons (Fsp3) is 0.231. The Bertz CT molecular complexity index is 1590. The van der Waals surface area contributed by atoms with Gasteiger partial charge in [-0.1, -0.05) is 23.4 Å². The number of hydrogen-bond donors (Lipinski definition) is 3. The highest BCUT2D eigenvalue weighted by Gasteiger charge is 2.39. The molecule has 11 nitrogen and oxygen atoms in total. The molecule has 37 heavy (non-hydrogen) atoms. The molecule has 4 amide bonds. The van der Waals surface area contributed by atoms with Crippen molar-refractivity contribution in [2.75, 3.05) is 0 Å². The lowest BCUT2D eigenvalue weighted by Gasteiger charge is -2.29. The molecule has 1 fully saturated rings. The number of imide groups is 1. The zero-order valence-electron chi connectivity index (χ0n) is 19.9. The van der Waals surface area contributed by atoms with Gasteiger partial charge in [0, 0.05) is 24.7 Å². The minimum Gasteiger partial charge on any atom is -0.361 e. The SMILES string of the molecule is CC(NC(=O)c1cn(-c2ccc3c(c2)CN(C2CCC(=O)NC2=O)C3=O)nn1)c1cccc2cc[nH]c12. The standard InChI is InChI=1S/C26H23N7O4/c1-14(18-4-2-3-15-9-10-27-23(15)18)28-24(35)20-13-33(31-30-20)17-5-6-19-16(11-17)12-32(26(19)37)21-7-8-22(34)29-25(21)36/h2-6,9-11,13-14,21,27H,7-8,12H2,1H3,(H,28,35)(H,29,34,36). The first-order valence-corrected chi connectivity index (χ1v) is 12.0. The highest BCUT2D eigenvalue weighted by atomic mass is 16.2. The van der Waals surface area contributed by atoms with E-state index in [0.29, 0.717) is 17.7 Å². The summed E-state index contributed by atoms with van der Waals surface area (Å²) in [6.07, 6.45) is 3.90. The Balaban J connectivity index is 1.18. The first kappa shape index (κ1) is 22.7. The van der Waals surface area contributed by atoms with Crippen molar-refractivity contribution in [2.45, 2.75) is 38.4 Å². The summed E-state index contributed by atoms with van der Waals surface area (Å²) < 4.78 is 1.48. The van der Waals surface area contributed by atoms with Gasteiger partial charge in [0.15, 0.2) is 5.69 Å². The van der Waals surface area contributed by atoms with E-state index in [2.05, 4.69) is 25.9 Å². The second kappa shape index (κ2) is 8.70. The molecule has 4 heterocycles. The minimum atomic E-state index is -0.679. The van der Waals surface area contributed by atoms with Crippen LogP contribution in [0.4, 0.5) is 0 Å². The number of fused-ring (bicyclic) bond motifs is 2. The van der Waals surface area contributed by atoms with Gasteiger partial charge >= 0.3 is 0 Å². The minimum absolute atomic E-state index is 0.159. The molecule has 2 unspecified atom stereocenters. The van der Waals surface area contributed by atoms with Crippen LogP contribution in [0.3, 0.4) is 0 Å². The Morgan fingerprint density at radius 3 is 2.86 bits per heavy atom. The monoisotopic (exact) mass is 497 g/mol. The van der Waals surface area contributed by atoms with Gasteiger partial charge in [0.25, 0.3) is 11.8 Å². The van der Waals surface area contributed by atoms with Crippen LogP contribution in [0.5, 0.6) is 0 Å². The second-order valence-corrected chi connectivity index (χ2v) is 9.27. The lowest BCUT2D eigenvalue weighted by molar-refractivity contribution is -0.136. The van der Waals surface area contributed by atoms with Crippen LogP contribution in [0.2, 0.25) is 0 Å². The Kier molecular flexibility index (Phi) is 5.32. The van der Waals surface area contributed by atoms with Crippen LogP contribution in [0.25, 0.3) is 16.6 Å². The second-order valence-electron chi connectivity index (χ2n) is 9.27. The Labute approximate surface area is 210 Å². The molecule has 2 aromatic carbocycles. The number of nitrogens with zero attached hydrogens (tertiary/aromatic N) is 4. The number of nitrogens with one attached hydrogen (secondary N) is 3. The van der Waals surface area contributed by atoms with Crippen molar-refractivity contribution in [2.24, 2.45) is 0 Å². The molecule has 2 aromatic heterocycles. The Morgan fingerprint density at radius 2 is 2.03 bits per heavy atom. The molecule has 0 radical (unpaired) electrons. The van der Waals surface area contributed by atoms with Crippen molar-refractivity contribution in [3.63, 3.8) is 0 Å². The zero-order chi connectivity index (χ0) is 25.7. The van der Waals surface area contributed by atoms with Crippen LogP contribution in [-0.4, -0.2) is 54.5 Å². The van der Waals surface area contributed by atoms with E-state index in [0.717, 1.165) is 22.0 Å². The molecule has 186 valence electrons. The van der Waals surface area contributed by atoms with Crippen molar-refractivity contribution < 1.29 is 19.2 Å². The third kappa shape index (κ3) is 3.94. The lowest BCUT2D eigenvalue weighted by Crippen LogP contribution is -2.52. The zero-order valence-corrected chi connectivity index (χ0v) is 19.9. The van der Waals surface area contributed by atoms with Crippen molar-refractivity contribution in [3.8, 4) is 5.69 Å². The van der Waals surface area contributed by atoms with Crippen molar-refractivity contribution in [3.05, 3.63) is 77.2 Å². The van der Waals surface area contributed by atoms with Crippen molar-refractivity contribution >= 4 is 34.5 Å². The van der Waals surface area contributed by atoms with Crippen LogP contribution in [0.1, 0.15) is 57.8 Å². The molecular weight excluding hydrogens is 474 g/mol. The van der Waals surface area contributed by atoms with E-state index >= 15 is 0 Å². The number of rotatable bonds is 5. The number of H-pyrrole nitrogens is 1. The quantitative estimate of drug-likeness (QED) is 0.360. The summed E-state index contributed by atoms with van der Waals surface area (Å²) in [6.45, 7) is 2.15. The Morgan fingerprint density at radius 1 is 1.16 bits per heavy atom. The molecular formula is C26H23N7O4.